The number of carbonyl (C=O) groups is 1. The number of methoxy groups -OCH3 is 1. The van der Waals surface area contributed by atoms with E-state index >= 15 is 0 Å². The first-order chi connectivity index (χ1) is 10.6. The van der Waals surface area contributed by atoms with E-state index < -0.39 is 0 Å². The number of likely N-dealkylation sites (tertiary alicyclic amines) is 1. The molecular weight excluding hydrogens is 278 g/mol. The van der Waals surface area contributed by atoms with Crippen LogP contribution < -0.4 is 5.32 Å². The summed E-state index contributed by atoms with van der Waals surface area (Å²) >= 11 is 0. The van der Waals surface area contributed by atoms with Crippen molar-refractivity contribution in [3.05, 3.63) is 29.6 Å². The molecule has 5 heteroatoms. The van der Waals surface area contributed by atoms with Crippen LogP contribution in [-0.4, -0.2) is 48.6 Å². The van der Waals surface area contributed by atoms with Gasteiger partial charge in [-0.1, -0.05) is 0 Å². The molecule has 0 bridgehead atoms. The number of amides is 1. The lowest BCUT2D eigenvalue weighted by Crippen LogP contribution is -2.49. The van der Waals surface area contributed by atoms with Crippen LogP contribution >= 0.6 is 0 Å². The molecule has 1 aliphatic rings. The van der Waals surface area contributed by atoms with Gasteiger partial charge in [0.1, 0.15) is 0 Å². The number of hydrogen-bond acceptors (Lipinski definition) is 4. The van der Waals surface area contributed by atoms with Crippen LogP contribution in [0.1, 0.15) is 36.8 Å². The molecule has 0 aromatic carbocycles. The highest BCUT2D eigenvalue weighted by Gasteiger charge is 2.35. The van der Waals surface area contributed by atoms with Gasteiger partial charge in [-0.3, -0.25) is 14.7 Å². The number of aryl methyl sites for hydroxylation is 1. The lowest BCUT2D eigenvalue weighted by molar-refractivity contribution is -0.124. The molecule has 1 aromatic heterocycles. The van der Waals surface area contributed by atoms with Gasteiger partial charge in [-0.15, -0.1) is 0 Å². The molecule has 0 radical (unpaired) electrons. The first-order valence-corrected chi connectivity index (χ1v) is 7.96. The summed E-state index contributed by atoms with van der Waals surface area (Å²) in [6, 6.07) is 2.09. The van der Waals surface area contributed by atoms with Gasteiger partial charge in [0, 0.05) is 46.1 Å². The van der Waals surface area contributed by atoms with Gasteiger partial charge in [0.05, 0.1) is 5.60 Å². The summed E-state index contributed by atoms with van der Waals surface area (Å²) in [4.78, 5) is 18.1. The summed E-state index contributed by atoms with van der Waals surface area (Å²) in [6.07, 6.45) is 7.18. The number of aromatic nitrogens is 1. The van der Waals surface area contributed by atoms with E-state index in [9.17, 15) is 4.79 Å². The minimum atomic E-state index is -0.203. The highest BCUT2D eigenvalue weighted by molar-refractivity contribution is 5.75. The Kier molecular flexibility index (Phi) is 5.91. The van der Waals surface area contributed by atoms with E-state index in [0.717, 1.165) is 38.9 Å². The Morgan fingerprint density at radius 1 is 1.55 bits per heavy atom. The van der Waals surface area contributed by atoms with Crippen molar-refractivity contribution in [3.63, 3.8) is 0 Å². The van der Waals surface area contributed by atoms with Crippen molar-refractivity contribution < 1.29 is 9.53 Å². The first-order valence-electron chi connectivity index (χ1n) is 7.96. The second-order valence-corrected chi connectivity index (χ2v) is 6.18. The smallest absolute Gasteiger partial charge is 0.219 e. The number of ether oxygens (including phenoxy) is 1. The minimum absolute atomic E-state index is 0.0820. The highest BCUT2D eigenvalue weighted by Crippen LogP contribution is 2.30. The molecular formula is C17H27N3O2. The first kappa shape index (κ1) is 16.9. The molecule has 0 spiro atoms. The summed E-state index contributed by atoms with van der Waals surface area (Å²) in [6.45, 7) is 4.97. The molecule has 22 heavy (non-hydrogen) atoms. The molecule has 1 aromatic rings. The van der Waals surface area contributed by atoms with Crippen molar-refractivity contribution in [2.75, 3.05) is 27.2 Å². The minimum Gasteiger partial charge on any atom is -0.377 e. The predicted molar refractivity (Wildman–Crippen MR) is 86.5 cm³/mol. The average molecular weight is 305 g/mol. The molecule has 0 aliphatic carbocycles. The van der Waals surface area contributed by atoms with Crippen molar-refractivity contribution in [3.8, 4) is 0 Å². The largest absolute Gasteiger partial charge is 0.377 e. The number of rotatable bonds is 6. The van der Waals surface area contributed by atoms with E-state index in [2.05, 4.69) is 28.2 Å². The molecule has 5 nitrogen and oxygen atoms in total. The number of carbonyl (C=O) groups excluding carboxylic acids is 1. The second kappa shape index (κ2) is 7.70. The Labute approximate surface area is 133 Å². The summed E-state index contributed by atoms with van der Waals surface area (Å²) < 4.78 is 5.84. The van der Waals surface area contributed by atoms with Gasteiger partial charge in [-0.05, 0) is 49.9 Å². The molecule has 1 saturated heterocycles. The van der Waals surface area contributed by atoms with Gasteiger partial charge in [0.25, 0.3) is 0 Å². The lowest BCUT2D eigenvalue weighted by atomic mass is 9.87. The zero-order valence-corrected chi connectivity index (χ0v) is 13.9. The van der Waals surface area contributed by atoms with E-state index in [4.69, 9.17) is 4.74 Å². The van der Waals surface area contributed by atoms with Crippen LogP contribution in [-0.2, 0) is 16.1 Å². The molecule has 2 heterocycles. The lowest BCUT2D eigenvalue weighted by Gasteiger charge is -2.42. The standard InChI is InChI=1S/C17H27N3O2/c1-14-11-19-9-6-15(14)12-20-10-4-7-17(13-20,22-3)8-5-16(21)18-2/h6,9,11H,4-5,7-8,10,12-13H2,1-3H3,(H,18,21)/t17-/m1/s1. The molecule has 2 rings (SSSR count). The van der Waals surface area contributed by atoms with Crippen molar-refractivity contribution in [2.45, 2.75) is 44.8 Å². The summed E-state index contributed by atoms with van der Waals surface area (Å²) in [7, 11) is 3.45. The SMILES string of the molecule is CNC(=O)CC[C@]1(OC)CCCN(Cc2ccncc2C)C1. The van der Waals surface area contributed by atoms with Crippen molar-refractivity contribution in [2.24, 2.45) is 0 Å². The van der Waals surface area contributed by atoms with Gasteiger partial charge in [0.15, 0.2) is 0 Å². The average Bonchev–Trinajstić information content (AvgIpc) is 2.55. The molecule has 0 saturated carbocycles. The Morgan fingerprint density at radius 3 is 3.05 bits per heavy atom. The van der Waals surface area contributed by atoms with Crippen LogP contribution in [0, 0.1) is 6.92 Å². The van der Waals surface area contributed by atoms with Gasteiger partial charge >= 0.3 is 0 Å². The Balaban J connectivity index is 2.00. The van der Waals surface area contributed by atoms with Gasteiger partial charge < -0.3 is 10.1 Å². The maximum absolute atomic E-state index is 11.5. The number of pyridine rings is 1. The maximum Gasteiger partial charge on any atom is 0.219 e. The van der Waals surface area contributed by atoms with E-state index in [1.54, 1.807) is 14.2 Å². The van der Waals surface area contributed by atoms with Crippen LogP contribution in [0.2, 0.25) is 0 Å². The van der Waals surface area contributed by atoms with Crippen LogP contribution in [0.5, 0.6) is 0 Å². The van der Waals surface area contributed by atoms with Crippen molar-refractivity contribution in [1.29, 1.82) is 0 Å². The molecule has 1 amide bonds. The van der Waals surface area contributed by atoms with Crippen LogP contribution in [0.15, 0.2) is 18.5 Å². The molecule has 1 N–H and O–H groups in total. The van der Waals surface area contributed by atoms with Crippen LogP contribution in [0.3, 0.4) is 0 Å². The second-order valence-electron chi connectivity index (χ2n) is 6.18. The summed E-state index contributed by atoms with van der Waals surface area (Å²) in [5.41, 5.74) is 2.33. The third-order valence-electron chi connectivity index (χ3n) is 4.67. The van der Waals surface area contributed by atoms with Crippen LogP contribution in [0.4, 0.5) is 0 Å². The normalized spacial score (nSPS) is 22.5. The topological polar surface area (TPSA) is 54.5 Å². The third kappa shape index (κ3) is 4.27. The van der Waals surface area contributed by atoms with E-state index in [0.29, 0.717) is 6.42 Å². The highest BCUT2D eigenvalue weighted by atomic mass is 16.5. The molecule has 1 atom stereocenters. The molecule has 0 unspecified atom stereocenters. The zero-order valence-electron chi connectivity index (χ0n) is 13.9. The van der Waals surface area contributed by atoms with E-state index in [-0.39, 0.29) is 11.5 Å². The number of hydrogen-bond donors (Lipinski definition) is 1. The van der Waals surface area contributed by atoms with Crippen molar-refractivity contribution in [1.82, 2.24) is 15.2 Å². The zero-order chi connectivity index (χ0) is 16.0. The van der Waals surface area contributed by atoms with Gasteiger partial charge in [-0.25, -0.2) is 0 Å². The summed E-state index contributed by atoms with van der Waals surface area (Å²) in [5, 5.41) is 2.69. The van der Waals surface area contributed by atoms with E-state index in [1.165, 1.54) is 11.1 Å². The number of nitrogens with one attached hydrogen (secondary N) is 1. The van der Waals surface area contributed by atoms with Crippen LogP contribution in [0.25, 0.3) is 0 Å². The Bertz CT molecular complexity index is 506. The maximum atomic E-state index is 11.5. The third-order valence-corrected chi connectivity index (χ3v) is 4.67. The monoisotopic (exact) mass is 305 g/mol. The molecule has 122 valence electrons. The fraction of sp³-hybridized carbons (Fsp3) is 0.647. The summed E-state index contributed by atoms with van der Waals surface area (Å²) in [5.74, 6) is 0.0820. The van der Waals surface area contributed by atoms with Gasteiger partial charge in [0.2, 0.25) is 5.91 Å². The Morgan fingerprint density at radius 2 is 2.36 bits per heavy atom. The van der Waals surface area contributed by atoms with Crippen molar-refractivity contribution >= 4 is 5.91 Å². The quantitative estimate of drug-likeness (QED) is 0.872. The molecule has 1 fully saturated rings. The van der Waals surface area contributed by atoms with E-state index in [1.807, 2.05) is 12.4 Å². The predicted octanol–water partition coefficient (Wildman–Crippen LogP) is 1.90. The molecule has 1 aliphatic heterocycles. The Hall–Kier alpha value is -1.46. The number of piperidine rings is 1. The van der Waals surface area contributed by atoms with Gasteiger partial charge in [-0.2, -0.15) is 0 Å². The fourth-order valence-corrected chi connectivity index (χ4v) is 3.18. The number of nitrogens with zero attached hydrogens (tertiary/aromatic N) is 2. The fourth-order valence-electron chi connectivity index (χ4n) is 3.18.